The van der Waals surface area contributed by atoms with E-state index in [2.05, 4.69) is 20.6 Å². The number of amides is 1. The SMILES string of the molecule is CC(=O)NCCNCc1ccc(Oc2ccc3nc[nH]c3c2)cc1.O=C(O)C(F)(F)F. The summed E-state index contributed by atoms with van der Waals surface area (Å²) in [6.07, 6.45) is -3.41. The van der Waals surface area contributed by atoms with E-state index in [9.17, 15) is 18.0 Å². The number of aromatic amines is 1. The molecular formula is C20H21F3N4O4. The summed E-state index contributed by atoms with van der Waals surface area (Å²) in [5.74, 6) is -1.21. The Kier molecular flexibility index (Phi) is 8.38. The molecule has 0 aliphatic heterocycles. The highest BCUT2D eigenvalue weighted by Crippen LogP contribution is 2.24. The van der Waals surface area contributed by atoms with Crippen LogP contribution in [0.25, 0.3) is 11.0 Å². The zero-order valence-electron chi connectivity index (χ0n) is 16.5. The standard InChI is InChI=1S/C18H20N4O2.C2HF3O2/c1-13(23)20-9-8-19-11-14-2-4-15(5-3-14)24-16-6-7-17-18(10-16)22-12-21-17;3-2(4,5)1(6)7/h2-7,10,12,19H,8-9,11H2,1H3,(H,20,23)(H,21,22);(H,6,7). The average molecular weight is 438 g/mol. The fraction of sp³-hybridized carbons (Fsp3) is 0.250. The van der Waals surface area contributed by atoms with Crippen LogP contribution in [0.1, 0.15) is 12.5 Å². The number of nitrogens with zero attached hydrogens (tertiary/aromatic N) is 1. The van der Waals surface area contributed by atoms with Crippen LogP contribution in [0.3, 0.4) is 0 Å². The Labute approximate surface area is 175 Å². The van der Waals surface area contributed by atoms with Crippen LogP contribution in [0.4, 0.5) is 13.2 Å². The monoisotopic (exact) mass is 438 g/mol. The second kappa shape index (κ2) is 11.0. The highest BCUT2D eigenvalue weighted by atomic mass is 19.4. The molecule has 3 rings (SSSR count). The minimum absolute atomic E-state index is 0.00776. The van der Waals surface area contributed by atoms with Crippen molar-refractivity contribution >= 4 is 22.9 Å². The van der Waals surface area contributed by atoms with Gasteiger partial charge < -0.3 is 25.5 Å². The van der Waals surface area contributed by atoms with Gasteiger partial charge in [0.25, 0.3) is 0 Å². The van der Waals surface area contributed by atoms with Crippen molar-refractivity contribution < 1.29 is 32.6 Å². The van der Waals surface area contributed by atoms with Gasteiger partial charge in [-0.1, -0.05) is 12.1 Å². The van der Waals surface area contributed by atoms with E-state index in [0.717, 1.165) is 41.2 Å². The highest BCUT2D eigenvalue weighted by molar-refractivity contribution is 5.76. The molecule has 166 valence electrons. The van der Waals surface area contributed by atoms with Gasteiger partial charge in [-0.25, -0.2) is 9.78 Å². The molecule has 0 atom stereocenters. The summed E-state index contributed by atoms with van der Waals surface area (Å²) in [7, 11) is 0. The first-order valence-electron chi connectivity index (χ1n) is 9.10. The maximum absolute atomic E-state index is 10.8. The molecule has 0 aliphatic rings. The largest absolute Gasteiger partial charge is 0.490 e. The molecule has 3 aromatic rings. The Hall–Kier alpha value is -3.60. The zero-order valence-corrected chi connectivity index (χ0v) is 16.5. The van der Waals surface area contributed by atoms with Crippen LogP contribution in [0.15, 0.2) is 48.8 Å². The molecule has 0 bridgehead atoms. The Balaban J connectivity index is 0.000000423. The van der Waals surface area contributed by atoms with Crippen molar-refractivity contribution in [3.8, 4) is 11.5 Å². The lowest BCUT2D eigenvalue weighted by Gasteiger charge is -2.08. The molecule has 0 saturated heterocycles. The number of aromatic nitrogens is 2. The molecule has 2 aromatic carbocycles. The van der Waals surface area contributed by atoms with Crippen molar-refractivity contribution in [1.82, 2.24) is 20.6 Å². The van der Waals surface area contributed by atoms with Crippen LogP contribution < -0.4 is 15.4 Å². The number of halogens is 3. The van der Waals surface area contributed by atoms with E-state index in [1.165, 1.54) is 6.92 Å². The molecular weight excluding hydrogens is 417 g/mol. The van der Waals surface area contributed by atoms with Crippen LogP contribution >= 0.6 is 0 Å². The average Bonchev–Trinajstić information content (AvgIpc) is 3.16. The predicted octanol–water partition coefficient (Wildman–Crippen LogP) is 3.21. The van der Waals surface area contributed by atoms with Gasteiger partial charge in [0, 0.05) is 32.6 Å². The van der Waals surface area contributed by atoms with Gasteiger partial charge in [0.1, 0.15) is 11.5 Å². The highest BCUT2D eigenvalue weighted by Gasteiger charge is 2.38. The number of benzene rings is 2. The number of carboxylic acid groups (broad SMARTS) is 1. The minimum atomic E-state index is -5.08. The van der Waals surface area contributed by atoms with Crippen LogP contribution in [-0.2, 0) is 16.1 Å². The van der Waals surface area contributed by atoms with E-state index in [1.54, 1.807) is 6.33 Å². The van der Waals surface area contributed by atoms with E-state index < -0.39 is 12.1 Å². The van der Waals surface area contributed by atoms with Crippen molar-refractivity contribution in [2.75, 3.05) is 13.1 Å². The van der Waals surface area contributed by atoms with Crippen LogP contribution in [0.2, 0.25) is 0 Å². The summed E-state index contributed by atoms with van der Waals surface area (Å²) in [5, 5.41) is 13.2. The van der Waals surface area contributed by atoms with Crippen LogP contribution in [0.5, 0.6) is 11.5 Å². The molecule has 8 nitrogen and oxygen atoms in total. The van der Waals surface area contributed by atoms with Crippen molar-refractivity contribution in [1.29, 1.82) is 0 Å². The Morgan fingerprint density at radius 3 is 2.35 bits per heavy atom. The van der Waals surface area contributed by atoms with Crippen LogP contribution in [-0.4, -0.2) is 46.2 Å². The number of hydrogen-bond donors (Lipinski definition) is 4. The maximum Gasteiger partial charge on any atom is 0.490 e. The number of carbonyl (C=O) groups is 2. The van der Waals surface area contributed by atoms with Gasteiger partial charge in [0.15, 0.2) is 0 Å². The molecule has 1 amide bonds. The number of hydrogen-bond acceptors (Lipinski definition) is 5. The van der Waals surface area contributed by atoms with E-state index in [0.29, 0.717) is 6.54 Å². The number of fused-ring (bicyclic) bond motifs is 1. The minimum Gasteiger partial charge on any atom is -0.475 e. The number of ether oxygens (including phenoxy) is 1. The lowest BCUT2D eigenvalue weighted by Crippen LogP contribution is -2.29. The molecule has 31 heavy (non-hydrogen) atoms. The van der Waals surface area contributed by atoms with Gasteiger partial charge in [-0.05, 0) is 29.8 Å². The summed E-state index contributed by atoms with van der Waals surface area (Å²) in [5.41, 5.74) is 3.03. The quantitative estimate of drug-likeness (QED) is 0.421. The van der Waals surface area contributed by atoms with Gasteiger partial charge in [0.2, 0.25) is 5.91 Å². The number of nitrogens with one attached hydrogen (secondary N) is 3. The first-order valence-corrected chi connectivity index (χ1v) is 9.10. The van der Waals surface area contributed by atoms with Crippen molar-refractivity contribution in [3.63, 3.8) is 0 Å². The second-order valence-corrected chi connectivity index (χ2v) is 6.29. The third-order valence-electron chi connectivity index (χ3n) is 3.80. The normalized spacial score (nSPS) is 10.8. The number of imidazole rings is 1. The first-order chi connectivity index (χ1) is 14.6. The fourth-order valence-corrected chi connectivity index (χ4v) is 2.35. The molecule has 0 radical (unpaired) electrons. The number of carboxylic acids is 1. The third kappa shape index (κ3) is 8.34. The van der Waals surface area contributed by atoms with E-state index in [4.69, 9.17) is 14.6 Å². The number of rotatable bonds is 7. The second-order valence-electron chi connectivity index (χ2n) is 6.29. The molecule has 0 unspecified atom stereocenters. The topological polar surface area (TPSA) is 116 Å². The molecule has 1 aromatic heterocycles. The Bertz CT molecular complexity index is 1000. The van der Waals surface area contributed by atoms with Gasteiger partial charge in [-0.3, -0.25) is 4.79 Å². The lowest BCUT2D eigenvalue weighted by atomic mass is 10.2. The molecule has 0 fully saturated rings. The van der Waals surface area contributed by atoms with E-state index in [-0.39, 0.29) is 5.91 Å². The van der Waals surface area contributed by atoms with E-state index >= 15 is 0 Å². The van der Waals surface area contributed by atoms with Crippen molar-refractivity contribution in [2.24, 2.45) is 0 Å². The fourth-order valence-electron chi connectivity index (χ4n) is 2.35. The van der Waals surface area contributed by atoms with Crippen molar-refractivity contribution in [3.05, 3.63) is 54.4 Å². The number of aliphatic carboxylic acids is 1. The molecule has 1 heterocycles. The van der Waals surface area contributed by atoms with Crippen molar-refractivity contribution in [2.45, 2.75) is 19.6 Å². The smallest absolute Gasteiger partial charge is 0.475 e. The summed E-state index contributed by atoms with van der Waals surface area (Å²) in [6.45, 7) is 3.64. The van der Waals surface area contributed by atoms with Gasteiger partial charge in [0.05, 0.1) is 17.4 Å². The summed E-state index contributed by atoms with van der Waals surface area (Å²) < 4.78 is 37.6. The molecule has 11 heteroatoms. The number of alkyl halides is 3. The lowest BCUT2D eigenvalue weighted by molar-refractivity contribution is -0.192. The molecule has 4 N–H and O–H groups in total. The maximum atomic E-state index is 10.8. The van der Waals surface area contributed by atoms with Gasteiger partial charge in [-0.2, -0.15) is 13.2 Å². The van der Waals surface area contributed by atoms with Gasteiger partial charge >= 0.3 is 12.1 Å². The first kappa shape index (κ1) is 23.7. The predicted molar refractivity (Wildman–Crippen MR) is 107 cm³/mol. The summed E-state index contributed by atoms with van der Waals surface area (Å²) in [6, 6.07) is 13.7. The zero-order chi connectivity index (χ0) is 22.9. The van der Waals surface area contributed by atoms with E-state index in [1.807, 2.05) is 42.5 Å². The van der Waals surface area contributed by atoms with Gasteiger partial charge in [-0.15, -0.1) is 0 Å². The third-order valence-corrected chi connectivity index (χ3v) is 3.80. The molecule has 0 saturated carbocycles. The van der Waals surface area contributed by atoms with Crippen LogP contribution in [0, 0.1) is 0 Å². The molecule has 0 aliphatic carbocycles. The summed E-state index contributed by atoms with van der Waals surface area (Å²) in [4.78, 5) is 26.9. The number of carbonyl (C=O) groups excluding carboxylic acids is 1. The Morgan fingerprint density at radius 2 is 1.74 bits per heavy atom. The summed E-state index contributed by atoms with van der Waals surface area (Å²) >= 11 is 0. The Morgan fingerprint density at radius 1 is 1.10 bits per heavy atom. The number of H-pyrrole nitrogens is 1. The molecule has 0 spiro atoms.